The zero-order valence-electron chi connectivity index (χ0n) is 11.9. The molecule has 0 saturated heterocycles. The number of fused-ring (bicyclic) bond motifs is 1. The van der Waals surface area contributed by atoms with Gasteiger partial charge in [0.25, 0.3) is 0 Å². The number of ether oxygens (including phenoxy) is 1. The fourth-order valence-electron chi connectivity index (χ4n) is 2.63. The fraction of sp³-hybridized carbons (Fsp3) is 0.588. The van der Waals surface area contributed by atoms with Gasteiger partial charge in [-0.15, -0.1) is 0 Å². The van der Waals surface area contributed by atoms with E-state index in [-0.39, 0.29) is 5.78 Å². The van der Waals surface area contributed by atoms with Gasteiger partial charge in [-0.2, -0.15) is 0 Å². The second-order valence-corrected chi connectivity index (χ2v) is 5.33. The smallest absolute Gasteiger partial charge is 0.166 e. The molecule has 2 rings (SSSR count). The van der Waals surface area contributed by atoms with Gasteiger partial charge >= 0.3 is 0 Å². The van der Waals surface area contributed by atoms with Crippen molar-refractivity contribution in [2.75, 3.05) is 6.61 Å². The minimum Gasteiger partial charge on any atom is -0.493 e. The molecule has 1 aromatic rings. The lowest BCUT2D eigenvalue weighted by Gasteiger charge is -2.19. The summed E-state index contributed by atoms with van der Waals surface area (Å²) in [5, 5.41) is 0. The highest BCUT2D eigenvalue weighted by atomic mass is 16.5. The summed E-state index contributed by atoms with van der Waals surface area (Å²) in [5.41, 5.74) is 2.00. The number of unbranched alkanes of at least 4 members (excludes halogenated alkanes) is 4. The van der Waals surface area contributed by atoms with Gasteiger partial charge in [0.15, 0.2) is 5.78 Å². The van der Waals surface area contributed by atoms with Gasteiger partial charge in [-0.05, 0) is 30.9 Å². The Hall–Kier alpha value is -1.31. The van der Waals surface area contributed by atoms with Crippen molar-refractivity contribution < 1.29 is 9.53 Å². The molecule has 0 saturated carbocycles. The summed E-state index contributed by atoms with van der Waals surface area (Å²) >= 11 is 0. The first kappa shape index (κ1) is 14.1. The molecule has 0 aliphatic carbocycles. The van der Waals surface area contributed by atoms with Gasteiger partial charge in [-0.25, -0.2) is 0 Å². The van der Waals surface area contributed by atoms with Crippen molar-refractivity contribution in [1.82, 2.24) is 0 Å². The third kappa shape index (κ3) is 3.82. The van der Waals surface area contributed by atoms with E-state index in [4.69, 9.17) is 4.74 Å². The lowest BCUT2D eigenvalue weighted by Crippen LogP contribution is -2.12. The van der Waals surface area contributed by atoms with E-state index in [1.807, 2.05) is 12.1 Å². The number of benzene rings is 1. The first-order valence-electron chi connectivity index (χ1n) is 7.61. The van der Waals surface area contributed by atoms with Crippen LogP contribution in [-0.2, 0) is 6.42 Å². The van der Waals surface area contributed by atoms with Crippen LogP contribution in [0.1, 0.15) is 67.8 Å². The van der Waals surface area contributed by atoms with Crippen LogP contribution >= 0.6 is 0 Å². The van der Waals surface area contributed by atoms with E-state index in [1.54, 1.807) is 0 Å². The molecule has 0 bridgehead atoms. The lowest BCUT2D eigenvalue weighted by atomic mass is 9.97. The molecule has 1 aliphatic rings. The molecule has 1 aliphatic heterocycles. The Kier molecular flexibility index (Phi) is 5.44. The SMILES string of the molecule is CCCCCCCC(=O)c1cccc2c1OCCC2. The first-order chi connectivity index (χ1) is 9.33. The molecule has 0 amide bonds. The Balaban J connectivity index is 1.92. The monoisotopic (exact) mass is 260 g/mol. The number of carbonyl (C=O) groups excluding carboxylic acids is 1. The van der Waals surface area contributed by atoms with Gasteiger partial charge in [0.1, 0.15) is 5.75 Å². The Morgan fingerprint density at radius 1 is 1.21 bits per heavy atom. The summed E-state index contributed by atoms with van der Waals surface area (Å²) in [6.45, 7) is 2.95. The van der Waals surface area contributed by atoms with Crippen molar-refractivity contribution in [1.29, 1.82) is 0 Å². The van der Waals surface area contributed by atoms with Gasteiger partial charge in [0.05, 0.1) is 12.2 Å². The fourth-order valence-corrected chi connectivity index (χ4v) is 2.63. The topological polar surface area (TPSA) is 26.3 Å². The van der Waals surface area contributed by atoms with Crippen molar-refractivity contribution >= 4 is 5.78 Å². The number of hydrogen-bond acceptors (Lipinski definition) is 2. The maximum absolute atomic E-state index is 12.3. The highest BCUT2D eigenvalue weighted by molar-refractivity contribution is 5.99. The zero-order chi connectivity index (χ0) is 13.5. The maximum Gasteiger partial charge on any atom is 0.166 e. The maximum atomic E-state index is 12.3. The first-order valence-corrected chi connectivity index (χ1v) is 7.61. The molecule has 1 heterocycles. The van der Waals surface area contributed by atoms with Crippen molar-refractivity contribution in [2.45, 2.75) is 58.3 Å². The summed E-state index contributed by atoms with van der Waals surface area (Å²) in [4.78, 5) is 12.3. The number of para-hydroxylation sites is 1. The highest BCUT2D eigenvalue weighted by Gasteiger charge is 2.18. The molecular formula is C17H24O2. The summed E-state index contributed by atoms with van der Waals surface area (Å²) in [6, 6.07) is 5.98. The standard InChI is InChI=1S/C17H24O2/c1-2-3-4-5-6-12-16(18)15-11-7-9-14-10-8-13-19-17(14)15/h7,9,11H,2-6,8,10,12-13H2,1H3. The van der Waals surface area contributed by atoms with Gasteiger partial charge in [0.2, 0.25) is 0 Å². The zero-order valence-corrected chi connectivity index (χ0v) is 11.9. The van der Waals surface area contributed by atoms with E-state index in [1.165, 1.54) is 24.8 Å². The van der Waals surface area contributed by atoms with E-state index in [9.17, 15) is 4.79 Å². The van der Waals surface area contributed by atoms with E-state index in [2.05, 4.69) is 13.0 Å². The van der Waals surface area contributed by atoms with Gasteiger partial charge in [-0.1, -0.05) is 44.7 Å². The second kappa shape index (κ2) is 7.32. The Bertz CT molecular complexity index is 423. The van der Waals surface area contributed by atoms with Crippen LogP contribution in [0.3, 0.4) is 0 Å². The van der Waals surface area contributed by atoms with Crippen LogP contribution in [0.4, 0.5) is 0 Å². The van der Waals surface area contributed by atoms with Gasteiger partial charge < -0.3 is 4.74 Å². The van der Waals surface area contributed by atoms with Crippen LogP contribution in [0.5, 0.6) is 5.75 Å². The number of Topliss-reactive ketones (excluding diaryl/α,β-unsaturated/α-hetero) is 1. The lowest BCUT2D eigenvalue weighted by molar-refractivity contribution is 0.0974. The number of rotatable bonds is 7. The van der Waals surface area contributed by atoms with Crippen molar-refractivity contribution in [3.63, 3.8) is 0 Å². The average molecular weight is 260 g/mol. The molecule has 0 aromatic heterocycles. The van der Waals surface area contributed by atoms with Crippen LogP contribution in [0.25, 0.3) is 0 Å². The van der Waals surface area contributed by atoms with Crippen LogP contribution in [0, 0.1) is 0 Å². The summed E-state index contributed by atoms with van der Waals surface area (Å²) in [7, 11) is 0. The van der Waals surface area contributed by atoms with Crippen LogP contribution in [-0.4, -0.2) is 12.4 Å². The van der Waals surface area contributed by atoms with Crippen molar-refractivity contribution in [2.24, 2.45) is 0 Å². The molecule has 0 atom stereocenters. The van der Waals surface area contributed by atoms with E-state index >= 15 is 0 Å². The molecule has 2 nitrogen and oxygen atoms in total. The molecular weight excluding hydrogens is 236 g/mol. The highest BCUT2D eigenvalue weighted by Crippen LogP contribution is 2.30. The predicted octanol–water partition coefficient (Wildman–Crippen LogP) is 4.55. The van der Waals surface area contributed by atoms with Crippen molar-refractivity contribution in [3.05, 3.63) is 29.3 Å². The Morgan fingerprint density at radius 3 is 2.89 bits per heavy atom. The predicted molar refractivity (Wildman–Crippen MR) is 78.0 cm³/mol. The number of carbonyl (C=O) groups is 1. The minimum atomic E-state index is 0.246. The van der Waals surface area contributed by atoms with E-state index in [0.717, 1.165) is 43.6 Å². The molecule has 0 fully saturated rings. The molecule has 19 heavy (non-hydrogen) atoms. The van der Waals surface area contributed by atoms with E-state index in [0.29, 0.717) is 6.42 Å². The van der Waals surface area contributed by atoms with Crippen LogP contribution in [0.15, 0.2) is 18.2 Å². The largest absolute Gasteiger partial charge is 0.493 e. The van der Waals surface area contributed by atoms with Crippen LogP contribution < -0.4 is 4.74 Å². The number of ketones is 1. The molecule has 0 N–H and O–H groups in total. The molecule has 104 valence electrons. The molecule has 0 spiro atoms. The van der Waals surface area contributed by atoms with Gasteiger partial charge in [-0.3, -0.25) is 4.79 Å². The van der Waals surface area contributed by atoms with Gasteiger partial charge in [0, 0.05) is 6.42 Å². The summed E-state index contributed by atoms with van der Waals surface area (Å²) in [6.07, 6.45) is 8.68. The van der Waals surface area contributed by atoms with E-state index < -0.39 is 0 Å². The third-order valence-electron chi connectivity index (χ3n) is 3.74. The molecule has 0 radical (unpaired) electrons. The summed E-state index contributed by atoms with van der Waals surface area (Å²) < 4.78 is 5.70. The Morgan fingerprint density at radius 2 is 2.05 bits per heavy atom. The molecule has 0 unspecified atom stereocenters. The molecule has 2 heteroatoms. The summed E-state index contributed by atoms with van der Waals surface area (Å²) in [5.74, 6) is 1.10. The normalized spacial score (nSPS) is 13.7. The minimum absolute atomic E-state index is 0.246. The quantitative estimate of drug-likeness (QED) is 0.531. The van der Waals surface area contributed by atoms with Crippen LogP contribution in [0.2, 0.25) is 0 Å². The number of aryl methyl sites for hydroxylation is 1. The third-order valence-corrected chi connectivity index (χ3v) is 3.74. The van der Waals surface area contributed by atoms with Crippen molar-refractivity contribution in [3.8, 4) is 5.75 Å². The number of hydrogen-bond donors (Lipinski definition) is 0. The second-order valence-electron chi connectivity index (χ2n) is 5.33. The average Bonchev–Trinajstić information content (AvgIpc) is 2.46. The molecule has 1 aromatic carbocycles. The Labute approximate surface area is 116 Å².